The van der Waals surface area contributed by atoms with Crippen molar-refractivity contribution in [3.05, 3.63) is 48.0 Å². The third-order valence-electron chi connectivity index (χ3n) is 5.19. The first-order valence-electron chi connectivity index (χ1n) is 8.33. The molecule has 2 aliphatic rings. The summed E-state index contributed by atoms with van der Waals surface area (Å²) in [6.45, 7) is 1.72. The molecule has 0 aromatic heterocycles. The molecule has 1 saturated heterocycles. The van der Waals surface area contributed by atoms with E-state index in [4.69, 9.17) is 0 Å². The van der Waals surface area contributed by atoms with E-state index in [2.05, 4.69) is 40.1 Å². The van der Waals surface area contributed by atoms with Gasteiger partial charge in [-0.1, -0.05) is 49.2 Å². The van der Waals surface area contributed by atoms with E-state index in [1.54, 1.807) is 6.08 Å². The first-order valence-corrected chi connectivity index (χ1v) is 8.33. The zero-order chi connectivity index (χ0) is 15.6. The highest BCUT2D eigenvalue weighted by molar-refractivity contribution is 5.89. The molecule has 118 valence electrons. The highest BCUT2D eigenvalue weighted by atomic mass is 16.2. The largest absolute Gasteiger partial charge is 0.329 e. The number of nitrogens with zero attached hydrogens (tertiary/aromatic N) is 2. The number of likely N-dealkylation sites (N-methyl/N-ethyl adjacent to an activating group) is 1. The fourth-order valence-corrected chi connectivity index (χ4v) is 4.10. The van der Waals surface area contributed by atoms with Gasteiger partial charge in [0.1, 0.15) is 0 Å². The number of carbonyl (C=O) groups excluding carboxylic acids is 1. The van der Waals surface area contributed by atoms with E-state index < -0.39 is 0 Å². The minimum atomic E-state index is -0.0426. The summed E-state index contributed by atoms with van der Waals surface area (Å²) in [5.74, 6) is 0.804. The van der Waals surface area contributed by atoms with Crippen LogP contribution in [0, 0.1) is 5.92 Å². The van der Waals surface area contributed by atoms with Crippen LogP contribution in [0.3, 0.4) is 0 Å². The van der Waals surface area contributed by atoms with Crippen molar-refractivity contribution in [3.63, 3.8) is 0 Å². The van der Waals surface area contributed by atoms with E-state index in [9.17, 15) is 4.79 Å². The summed E-state index contributed by atoms with van der Waals surface area (Å²) < 4.78 is 0. The van der Waals surface area contributed by atoms with Crippen molar-refractivity contribution in [2.24, 2.45) is 5.92 Å². The van der Waals surface area contributed by atoms with E-state index >= 15 is 0 Å². The van der Waals surface area contributed by atoms with Gasteiger partial charge in [0, 0.05) is 25.1 Å². The minimum absolute atomic E-state index is 0.0426. The third kappa shape index (κ3) is 2.58. The molecular formula is C19H26N2O. The lowest BCUT2D eigenvalue weighted by atomic mass is 9.61. The zero-order valence-corrected chi connectivity index (χ0v) is 13.7. The van der Waals surface area contributed by atoms with E-state index in [0.717, 1.165) is 19.5 Å². The van der Waals surface area contributed by atoms with Gasteiger partial charge in [0.15, 0.2) is 0 Å². The van der Waals surface area contributed by atoms with Crippen LogP contribution in [-0.4, -0.2) is 42.9 Å². The van der Waals surface area contributed by atoms with Gasteiger partial charge in [0.25, 0.3) is 0 Å². The molecule has 3 rings (SSSR count). The van der Waals surface area contributed by atoms with Crippen molar-refractivity contribution in [1.29, 1.82) is 0 Å². The lowest BCUT2D eigenvalue weighted by Crippen LogP contribution is -2.67. The van der Waals surface area contributed by atoms with E-state index in [-0.39, 0.29) is 11.4 Å². The maximum absolute atomic E-state index is 12.7. The molecule has 0 N–H and O–H groups in total. The van der Waals surface area contributed by atoms with Gasteiger partial charge in [0.2, 0.25) is 5.91 Å². The second kappa shape index (κ2) is 6.25. The van der Waals surface area contributed by atoms with Crippen molar-refractivity contribution < 1.29 is 4.79 Å². The van der Waals surface area contributed by atoms with Crippen LogP contribution in [0.2, 0.25) is 0 Å². The predicted molar refractivity (Wildman–Crippen MR) is 89.5 cm³/mol. The smallest absolute Gasteiger partial charge is 0.247 e. The molecule has 2 fully saturated rings. The molecule has 1 aliphatic carbocycles. The Balaban J connectivity index is 1.83. The fourth-order valence-electron chi connectivity index (χ4n) is 4.10. The fraction of sp³-hybridized carbons (Fsp3) is 0.526. The molecule has 1 saturated carbocycles. The van der Waals surface area contributed by atoms with Crippen LogP contribution >= 0.6 is 0 Å². The first-order chi connectivity index (χ1) is 10.6. The third-order valence-corrected chi connectivity index (χ3v) is 5.19. The maximum Gasteiger partial charge on any atom is 0.247 e. The van der Waals surface area contributed by atoms with Gasteiger partial charge < -0.3 is 9.80 Å². The van der Waals surface area contributed by atoms with Gasteiger partial charge in [-0.25, -0.2) is 0 Å². The standard InChI is InChI=1S/C19H26N2O/c1-20(2)14-8-12-18(22)21-15-17-11-6-7-13-19(17,21)16-9-4-3-5-10-16/h3-5,8-10,12,17H,6-7,11,13-15H2,1-2H3/b12-8+. The summed E-state index contributed by atoms with van der Waals surface area (Å²) in [6, 6.07) is 10.6. The summed E-state index contributed by atoms with van der Waals surface area (Å²) in [4.78, 5) is 16.8. The van der Waals surface area contributed by atoms with Gasteiger partial charge in [0.05, 0.1) is 5.54 Å². The molecule has 0 radical (unpaired) electrons. The van der Waals surface area contributed by atoms with Crippen LogP contribution in [0.15, 0.2) is 42.5 Å². The molecule has 1 aromatic carbocycles. The summed E-state index contributed by atoms with van der Waals surface area (Å²) in [5.41, 5.74) is 1.28. The van der Waals surface area contributed by atoms with Crippen molar-refractivity contribution in [2.45, 2.75) is 31.2 Å². The van der Waals surface area contributed by atoms with Crippen molar-refractivity contribution in [2.75, 3.05) is 27.2 Å². The Morgan fingerprint density at radius 2 is 2.09 bits per heavy atom. The molecule has 1 aliphatic heterocycles. The maximum atomic E-state index is 12.7. The van der Waals surface area contributed by atoms with Crippen LogP contribution in [0.4, 0.5) is 0 Å². The molecule has 1 heterocycles. The van der Waals surface area contributed by atoms with Crippen molar-refractivity contribution >= 4 is 5.91 Å². The highest BCUT2D eigenvalue weighted by Crippen LogP contribution is 2.53. The second-order valence-electron chi connectivity index (χ2n) is 6.85. The summed E-state index contributed by atoms with van der Waals surface area (Å²) >= 11 is 0. The minimum Gasteiger partial charge on any atom is -0.329 e. The second-order valence-corrected chi connectivity index (χ2v) is 6.85. The van der Waals surface area contributed by atoms with Crippen molar-refractivity contribution in [1.82, 2.24) is 9.80 Å². The molecule has 0 spiro atoms. The lowest BCUT2D eigenvalue weighted by molar-refractivity contribution is -0.161. The monoisotopic (exact) mass is 298 g/mol. The molecule has 3 nitrogen and oxygen atoms in total. The molecule has 0 bridgehead atoms. The van der Waals surface area contributed by atoms with Gasteiger partial charge in [-0.05, 0) is 32.5 Å². The number of likely N-dealkylation sites (tertiary alicyclic amines) is 1. The number of benzene rings is 1. The SMILES string of the molecule is CN(C)C/C=C/C(=O)N1CC2CCCCC21c1ccccc1. The summed E-state index contributed by atoms with van der Waals surface area (Å²) in [7, 11) is 4.03. The first kappa shape index (κ1) is 15.3. The lowest BCUT2D eigenvalue weighted by Gasteiger charge is -2.61. The average Bonchev–Trinajstić information content (AvgIpc) is 2.49. The van der Waals surface area contributed by atoms with Crippen LogP contribution < -0.4 is 0 Å². The number of hydrogen-bond donors (Lipinski definition) is 0. The molecule has 3 heteroatoms. The Morgan fingerprint density at radius 3 is 2.77 bits per heavy atom. The summed E-state index contributed by atoms with van der Waals surface area (Å²) in [5, 5.41) is 0. The van der Waals surface area contributed by atoms with Crippen LogP contribution in [0.25, 0.3) is 0 Å². The normalized spacial score (nSPS) is 27.8. The quantitative estimate of drug-likeness (QED) is 0.798. The Labute approximate surface area is 133 Å². The highest BCUT2D eigenvalue weighted by Gasteiger charge is 2.56. The van der Waals surface area contributed by atoms with Gasteiger partial charge in [-0.3, -0.25) is 4.79 Å². The van der Waals surface area contributed by atoms with Gasteiger partial charge >= 0.3 is 0 Å². The molecule has 2 atom stereocenters. The van der Waals surface area contributed by atoms with Crippen LogP contribution in [-0.2, 0) is 10.3 Å². The number of fused-ring (bicyclic) bond motifs is 1. The number of rotatable bonds is 4. The average molecular weight is 298 g/mol. The summed E-state index contributed by atoms with van der Waals surface area (Å²) in [6.07, 6.45) is 8.61. The number of hydrogen-bond acceptors (Lipinski definition) is 2. The zero-order valence-electron chi connectivity index (χ0n) is 13.7. The van der Waals surface area contributed by atoms with Crippen LogP contribution in [0.5, 0.6) is 0 Å². The molecule has 1 amide bonds. The molecule has 22 heavy (non-hydrogen) atoms. The van der Waals surface area contributed by atoms with Crippen LogP contribution in [0.1, 0.15) is 31.2 Å². The van der Waals surface area contributed by atoms with Gasteiger partial charge in [-0.15, -0.1) is 0 Å². The Kier molecular flexibility index (Phi) is 4.34. The van der Waals surface area contributed by atoms with E-state index in [0.29, 0.717) is 5.92 Å². The molecular weight excluding hydrogens is 272 g/mol. The molecule has 1 aromatic rings. The Hall–Kier alpha value is -1.61. The van der Waals surface area contributed by atoms with Gasteiger partial charge in [-0.2, -0.15) is 0 Å². The number of carbonyl (C=O) groups is 1. The topological polar surface area (TPSA) is 23.6 Å². The van der Waals surface area contributed by atoms with E-state index in [1.807, 2.05) is 20.2 Å². The Bertz CT molecular complexity index is 552. The Morgan fingerprint density at radius 1 is 1.32 bits per heavy atom. The van der Waals surface area contributed by atoms with Crippen molar-refractivity contribution in [3.8, 4) is 0 Å². The van der Waals surface area contributed by atoms with E-state index in [1.165, 1.54) is 24.8 Å². The number of amides is 1. The predicted octanol–water partition coefficient (Wildman–Crippen LogP) is 3.03. The molecule has 2 unspecified atom stereocenters.